The Bertz CT molecular complexity index is 899. The van der Waals surface area contributed by atoms with E-state index in [1.807, 2.05) is 36.4 Å². The van der Waals surface area contributed by atoms with Crippen LogP contribution in [0.4, 0.5) is 0 Å². The van der Waals surface area contributed by atoms with Crippen molar-refractivity contribution >= 4 is 11.7 Å². The van der Waals surface area contributed by atoms with Crippen LogP contribution in [0.1, 0.15) is 23.5 Å². The molecule has 3 rings (SSSR count). The molecular weight excluding hydrogens is 342 g/mol. The summed E-state index contributed by atoms with van der Waals surface area (Å²) in [7, 11) is 0. The molecule has 0 saturated heterocycles. The number of esters is 1. The summed E-state index contributed by atoms with van der Waals surface area (Å²) in [6.45, 7) is 3.45. The molecule has 2 aromatic rings. The van der Waals surface area contributed by atoms with E-state index in [9.17, 15) is 15.2 Å². The van der Waals surface area contributed by atoms with Gasteiger partial charge in [0.25, 0.3) is 0 Å². The third-order valence-corrected chi connectivity index (χ3v) is 4.35. The number of nitrogens with zero attached hydrogens (tertiary/aromatic N) is 1. The number of carbonyl (C=O) groups is 1. The maximum Gasteiger partial charge on any atom is 0.379 e. The summed E-state index contributed by atoms with van der Waals surface area (Å²) < 4.78 is 10.7. The molecule has 0 spiro atoms. The average Bonchev–Trinajstić information content (AvgIpc) is 2.72. The molecule has 0 fully saturated rings. The van der Waals surface area contributed by atoms with Gasteiger partial charge in [0.2, 0.25) is 0 Å². The summed E-state index contributed by atoms with van der Waals surface area (Å²) in [5.74, 6) is -3.44. The Hall–Kier alpha value is -3.36. The van der Waals surface area contributed by atoms with Gasteiger partial charge >= 0.3 is 11.8 Å². The zero-order valence-electron chi connectivity index (χ0n) is 14.7. The van der Waals surface area contributed by atoms with Gasteiger partial charge in [-0.3, -0.25) is 0 Å². The van der Waals surface area contributed by atoms with Crippen molar-refractivity contribution in [1.82, 2.24) is 0 Å². The molecule has 0 unspecified atom stereocenters. The highest BCUT2D eigenvalue weighted by atomic mass is 16.7. The van der Waals surface area contributed by atoms with Crippen LogP contribution in [0.15, 0.2) is 78.9 Å². The zero-order chi connectivity index (χ0) is 19.3. The molecule has 0 bridgehead atoms. The van der Waals surface area contributed by atoms with E-state index < -0.39 is 17.7 Å². The molecule has 5 heteroatoms. The standard InChI is InChI=1S/C22H19NO4/c1-2-13-26-21(24)22(25)14-18(16-9-5-3-6-10-16)19(15-23)20(27-22)17-11-7-4-8-12-17/h2-12,18,25H,1,13-14H2/t18-,22+/m1/s1. The second-order valence-corrected chi connectivity index (χ2v) is 6.16. The summed E-state index contributed by atoms with van der Waals surface area (Å²) in [5.41, 5.74) is 1.76. The first-order valence-electron chi connectivity index (χ1n) is 8.53. The number of carbonyl (C=O) groups excluding carboxylic acids is 1. The van der Waals surface area contributed by atoms with E-state index in [-0.39, 0.29) is 18.8 Å². The van der Waals surface area contributed by atoms with Gasteiger partial charge in [-0.05, 0) is 5.56 Å². The number of hydrogen-bond donors (Lipinski definition) is 1. The molecule has 27 heavy (non-hydrogen) atoms. The predicted octanol–water partition coefficient (Wildman–Crippen LogP) is 3.54. The third kappa shape index (κ3) is 3.76. The van der Waals surface area contributed by atoms with Gasteiger partial charge < -0.3 is 14.6 Å². The van der Waals surface area contributed by atoms with Gasteiger partial charge in [-0.2, -0.15) is 5.26 Å². The fourth-order valence-electron chi connectivity index (χ4n) is 3.08. The molecule has 0 amide bonds. The van der Waals surface area contributed by atoms with Crippen molar-refractivity contribution < 1.29 is 19.4 Å². The molecule has 0 aliphatic carbocycles. The fraction of sp³-hybridized carbons (Fsp3) is 0.182. The van der Waals surface area contributed by atoms with Gasteiger partial charge in [-0.1, -0.05) is 73.3 Å². The van der Waals surface area contributed by atoms with Crippen molar-refractivity contribution in [3.05, 3.63) is 90.0 Å². The van der Waals surface area contributed by atoms with E-state index in [0.29, 0.717) is 11.1 Å². The highest BCUT2D eigenvalue weighted by molar-refractivity contribution is 5.82. The van der Waals surface area contributed by atoms with Crippen LogP contribution in [-0.4, -0.2) is 23.5 Å². The Morgan fingerprint density at radius 2 is 1.89 bits per heavy atom. The molecular formula is C22H19NO4. The van der Waals surface area contributed by atoms with E-state index >= 15 is 0 Å². The minimum atomic E-state index is -2.20. The minimum absolute atomic E-state index is 0.0456. The Morgan fingerprint density at radius 3 is 2.48 bits per heavy atom. The molecule has 2 aromatic carbocycles. The Kier molecular flexibility index (Phi) is 5.39. The average molecular weight is 361 g/mol. The second-order valence-electron chi connectivity index (χ2n) is 6.16. The first kappa shape index (κ1) is 18.4. The van der Waals surface area contributed by atoms with Crippen molar-refractivity contribution in [1.29, 1.82) is 5.26 Å². The quantitative estimate of drug-likeness (QED) is 0.651. The number of nitriles is 1. The van der Waals surface area contributed by atoms with Crippen LogP contribution in [0.3, 0.4) is 0 Å². The monoisotopic (exact) mass is 361 g/mol. The van der Waals surface area contributed by atoms with E-state index in [4.69, 9.17) is 9.47 Å². The molecule has 1 aliphatic rings. The van der Waals surface area contributed by atoms with Crippen LogP contribution in [0.25, 0.3) is 5.76 Å². The largest absolute Gasteiger partial charge is 0.457 e. The van der Waals surface area contributed by atoms with Crippen LogP contribution < -0.4 is 0 Å². The van der Waals surface area contributed by atoms with Crippen LogP contribution >= 0.6 is 0 Å². The Morgan fingerprint density at radius 1 is 1.26 bits per heavy atom. The van der Waals surface area contributed by atoms with Crippen LogP contribution in [-0.2, 0) is 14.3 Å². The van der Waals surface area contributed by atoms with E-state index in [1.54, 1.807) is 24.3 Å². The fourth-order valence-corrected chi connectivity index (χ4v) is 3.08. The smallest absolute Gasteiger partial charge is 0.379 e. The number of hydrogen-bond acceptors (Lipinski definition) is 5. The number of allylic oxidation sites excluding steroid dienone is 1. The highest BCUT2D eigenvalue weighted by Gasteiger charge is 2.49. The van der Waals surface area contributed by atoms with Crippen LogP contribution in [0, 0.1) is 11.3 Å². The third-order valence-electron chi connectivity index (χ3n) is 4.35. The number of rotatable bonds is 5. The molecule has 0 aromatic heterocycles. The summed E-state index contributed by atoms with van der Waals surface area (Å²) in [4.78, 5) is 12.5. The van der Waals surface area contributed by atoms with E-state index in [0.717, 1.165) is 5.56 Å². The Balaban J connectivity index is 2.12. The molecule has 1 N–H and O–H groups in total. The summed E-state index contributed by atoms with van der Waals surface area (Å²) in [6.07, 6.45) is 1.29. The van der Waals surface area contributed by atoms with Gasteiger partial charge in [0.05, 0.1) is 11.6 Å². The van der Waals surface area contributed by atoms with E-state index in [1.165, 1.54) is 6.08 Å². The van der Waals surface area contributed by atoms with Crippen molar-refractivity contribution in [3.8, 4) is 6.07 Å². The normalized spacial score (nSPS) is 21.7. The zero-order valence-corrected chi connectivity index (χ0v) is 14.7. The summed E-state index contributed by atoms with van der Waals surface area (Å²) in [6, 6.07) is 20.4. The molecule has 0 radical (unpaired) electrons. The van der Waals surface area contributed by atoms with Gasteiger partial charge in [-0.15, -0.1) is 0 Å². The molecule has 1 heterocycles. The topological polar surface area (TPSA) is 79.5 Å². The lowest BCUT2D eigenvalue weighted by Crippen LogP contribution is -2.46. The maximum atomic E-state index is 12.5. The number of benzene rings is 2. The summed E-state index contributed by atoms with van der Waals surface area (Å²) in [5, 5.41) is 20.8. The van der Waals surface area contributed by atoms with Crippen molar-refractivity contribution in [2.24, 2.45) is 0 Å². The molecule has 0 saturated carbocycles. The Labute approximate surface area is 157 Å². The first-order chi connectivity index (χ1) is 13.1. The van der Waals surface area contributed by atoms with Crippen molar-refractivity contribution in [2.75, 3.05) is 6.61 Å². The first-order valence-corrected chi connectivity index (χ1v) is 8.53. The van der Waals surface area contributed by atoms with E-state index in [2.05, 4.69) is 12.6 Å². The van der Waals surface area contributed by atoms with Crippen molar-refractivity contribution in [2.45, 2.75) is 18.1 Å². The number of ether oxygens (including phenoxy) is 2. The predicted molar refractivity (Wildman–Crippen MR) is 100.0 cm³/mol. The number of aliphatic hydroxyl groups is 1. The van der Waals surface area contributed by atoms with Gasteiger partial charge in [0.15, 0.2) is 0 Å². The van der Waals surface area contributed by atoms with Crippen molar-refractivity contribution in [3.63, 3.8) is 0 Å². The van der Waals surface area contributed by atoms with Gasteiger partial charge in [-0.25, -0.2) is 4.79 Å². The molecule has 2 atom stereocenters. The summed E-state index contributed by atoms with van der Waals surface area (Å²) >= 11 is 0. The maximum absolute atomic E-state index is 12.5. The lowest BCUT2D eigenvalue weighted by molar-refractivity contribution is -0.211. The molecule has 5 nitrogen and oxygen atoms in total. The van der Waals surface area contributed by atoms with Crippen LogP contribution in [0.2, 0.25) is 0 Å². The molecule has 136 valence electrons. The molecule has 1 aliphatic heterocycles. The lowest BCUT2D eigenvalue weighted by atomic mass is 9.82. The SMILES string of the molecule is C=CCOC(=O)[C@]1(O)C[C@H](c2ccccc2)C(C#N)=C(c2ccccc2)O1. The second kappa shape index (κ2) is 7.90. The van der Waals surface area contributed by atoms with Crippen LogP contribution in [0.5, 0.6) is 0 Å². The highest BCUT2D eigenvalue weighted by Crippen LogP contribution is 2.44. The minimum Gasteiger partial charge on any atom is -0.457 e. The lowest BCUT2D eigenvalue weighted by Gasteiger charge is -2.36. The van der Waals surface area contributed by atoms with Gasteiger partial charge in [0, 0.05) is 17.9 Å². The van der Waals surface area contributed by atoms with Gasteiger partial charge in [0.1, 0.15) is 12.4 Å².